The van der Waals surface area contributed by atoms with Crippen LogP contribution in [0, 0.1) is 31.6 Å². The average molecular weight is 1070 g/mol. The Hall–Kier alpha value is -6.70. The molecule has 3 aromatic carbocycles. The van der Waals surface area contributed by atoms with Crippen molar-refractivity contribution in [2.45, 2.75) is 148 Å². The number of hydrogen-bond acceptors (Lipinski definition) is 13. The van der Waals surface area contributed by atoms with Gasteiger partial charge >= 0.3 is 6.09 Å². The van der Waals surface area contributed by atoms with Crippen LogP contribution in [-0.2, 0) is 52.7 Å². The van der Waals surface area contributed by atoms with E-state index in [-0.39, 0.29) is 50.4 Å². The number of unbranched alkanes of at least 4 members (excludes halogenated alkanes) is 2. The monoisotopic (exact) mass is 1070 g/mol. The number of aliphatic imine (C=N–C) groups is 1. The molecule has 0 saturated heterocycles. The number of nitrogens with zero attached hydrogens (tertiary/aromatic N) is 1. The molecular formula is C57H88N10O9. The van der Waals surface area contributed by atoms with Gasteiger partial charge in [0.15, 0.2) is 17.5 Å². The predicted molar refractivity (Wildman–Crippen MR) is 298 cm³/mol. The minimum Gasteiger partial charge on any atom is -0.508 e. The number of rotatable bonds is 34. The molecule has 0 spiro atoms. The number of hydrogen-bond donors (Lipinski definition) is 10. The summed E-state index contributed by atoms with van der Waals surface area (Å²) in [5.41, 5.74) is 27.0. The zero-order valence-electron chi connectivity index (χ0n) is 59.7. The van der Waals surface area contributed by atoms with E-state index in [9.17, 15) is 38.7 Å². The molecule has 3 aromatic rings. The number of alkyl carbamates (subject to hydrolysis) is 1. The van der Waals surface area contributed by atoms with E-state index in [2.05, 4.69) is 26.3 Å². The van der Waals surface area contributed by atoms with Gasteiger partial charge in [-0.15, -0.1) is 0 Å². The van der Waals surface area contributed by atoms with Gasteiger partial charge in [0, 0.05) is 50.4 Å². The van der Waals surface area contributed by atoms with Gasteiger partial charge in [0.25, 0.3) is 0 Å². The van der Waals surface area contributed by atoms with E-state index >= 15 is 0 Å². The molecule has 420 valence electrons. The van der Waals surface area contributed by atoms with Crippen LogP contribution in [0.25, 0.3) is 0 Å². The first kappa shape index (κ1) is 44.4. The molecule has 0 aliphatic heterocycles. The Morgan fingerprint density at radius 3 is 1.72 bits per heavy atom. The number of guanidine groups is 1. The number of carbonyl (C=O) groups is 7. The minimum atomic E-state index is -3.16. The quantitative estimate of drug-likeness (QED) is 0.0227. The number of primary amides is 2. The lowest BCUT2D eigenvalue weighted by Crippen LogP contribution is -2.48. The fourth-order valence-electron chi connectivity index (χ4n) is 7.52. The van der Waals surface area contributed by atoms with Gasteiger partial charge in [0.2, 0.25) is 17.7 Å². The summed E-state index contributed by atoms with van der Waals surface area (Å²) < 4.78 is 128. The first-order valence-corrected chi connectivity index (χ1v) is 24.9. The fraction of sp³-hybridized carbons (Fsp3) is 0.544. The van der Waals surface area contributed by atoms with Crippen molar-refractivity contribution in [3.8, 4) is 5.75 Å². The maximum absolute atomic E-state index is 14.5. The van der Waals surface area contributed by atoms with Crippen LogP contribution in [0.4, 0.5) is 4.79 Å². The maximum Gasteiger partial charge on any atom is 0.408 e. The summed E-state index contributed by atoms with van der Waals surface area (Å²) in [5, 5.41) is 21.5. The Morgan fingerprint density at radius 2 is 1.20 bits per heavy atom. The molecule has 0 aliphatic rings. The zero-order chi connectivity index (χ0) is 70.0. The number of phenols is 1. The summed E-state index contributed by atoms with van der Waals surface area (Å²) >= 11 is 0. The molecule has 0 heterocycles. The third-order valence-corrected chi connectivity index (χ3v) is 11.4. The highest BCUT2D eigenvalue weighted by molar-refractivity contribution is 5.95. The minimum absolute atomic E-state index is 0.00995. The molecule has 0 fully saturated rings. The van der Waals surface area contributed by atoms with E-state index in [1.807, 2.05) is 0 Å². The van der Waals surface area contributed by atoms with Gasteiger partial charge in [-0.2, -0.15) is 0 Å². The molecule has 0 saturated carbocycles. The number of aryl methyl sites for hydroxylation is 2. The largest absolute Gasteiger partial charge is 0.508 e. The van der Waals surface area contributed by atoms with Crippen molar-refractivity contribution in [1.82, 2.24) is 21.3 Å². The molecule has 0 bridgehead atoms. The molecule has 19 heteroatoms. The molecule has 0 radical (unpaired) electrons. The van der Waals surface area contributed by atoms with E-state index < -0.39 is 186 Å². The van der Waals surface area contributed by atoms with Crippen molar-refractivity contribution >= 4 is 47.1 Å². The number of nitrogens with one attached hydrogen (secondary N) is 4. The van der Waals surface area contributed by atoms with Crippen molar-refractivity contribution in [2.75, 3.05) is 33.7 Å². The zero-order valence-corrected chi connectivity index (χ0v) is 44.7. The summed E-state index contributed by atoms with van der Waals surface area (Å²) in [6.45, 7) is 9.76. The van der Waals surface area contributed by atoms with E-state index in [0.29, 0.717) is 49.0 Å². The van der Waals surface area contributed by atoms with Crippen LogP contribution < -0.4 is 49.9 Å². The lowest BCUT2D eigenvalue weighted by molar-refractivity contribution is -0.134. The van der Waals surface area contributed by atoms with Crippen LogP contribution in [0.3, 0.4) is 0 Å². The van der Waals surface area contributed by atoms with E-state index in [1.54, 1.807) is 48.7 Å². The van der Waals surface area contributed by atoms with Gasteiger partial charge in [-0.3, -0.25) is 33.8 Å². The number of phenolic OH excluding ortho intramolecular Hbond substituents is 1. The predicted octanol–water partition coefficient (Wildman–Crippen LogP) is 4.26. The Bertz CT molecular complexity index is 3080. The number of ketones is 3. The Balaban J connectivity index is 0.000000785. The third kappa shape index (κ3) is 26.7. The Labute approximate surface area is 471 Å². The molecule has 0 aromatic heterocycles. The molecule has 15 N–H and O–H groups in total. The van der Waals surface area contributed by atoms with E-state index in [1.165, 1.54) is 12.1 Å². The molecule has 1 unspecified atom stereocenters. The number of carbonyl (C=O) groups excluding carboxylic acids is 7. The number of Topliss-reactive ketones (excluding diaryl/α,β-unsaturated/α-hetero) is 3. The SMILES string of the molecule is [2H]c1c([2H])c([2H])c(C([2H])([2H])[C@]([2H])(CC(=O)[C@@H](N)CCCCNC)C(N)=O)c([2H])c1[2H].[2H]c1c([2H])c([2H])c(C([2H])[C@]([2H])(CC(=O)[C@H](CCCCNC)NC(=O)[C@@H](CC(=O)[C@@H](CCCN=C(N)N)NC(=O)OC(C)(C)C)Cc2c(C)cc(O)cc2C)C(N)=O)c([2H])c1[2H]. The molecular weight excluding hydrogens is 969 g/mol. The second kappa shape index (κ2) is 34.8. The van der Waals surface area contributed by atoms with Crippen molar-refractivity contribution < 1.29 is 64.0 Å². The van der Waals surface area contributed by atoms with Crippen molar-refractivity contribution in [1.29, 1.82) is 0 Å². The third-order valence-electron chi connectivity index (χ3n) is 11.4. The summed E-state index contributed by atoms with van der Waals surface area (Å²) in [6, 6.07) is -8.88. The number of nitrogens with two attached hydrogens (primary N) is 5. The molecule has 76 heavy (non-hydrogen) atoms. The van der Waals surface area contributed by atoms with Crippen molar-refractivity contribution in [3.05, 3.63) is 100 Å². The number of aromatic hydroxyl groups is 1. The van der Waals surface area contributed by atoms with Gasteiger partial charge in [0.05, 0.1) is 31.8 Å². The van der Waals surface area contributed by atoms with Crippen LogP contribution >= 0.6 is 0 Å². The summed E-state index contributed by atoms with van der Waals surface area (Å²) in [5.74, 6) is -13.1. The lowest BCUT2D eigenvalue weighted by atomic mass is 9.86. The normalized spacial score (nSPS) is 17.8. The number of benzene rings is 3. The lowest BCUT2D eigenvalue weighted by Gasteiger charge is -2.26. The highest BCUT2D eigenvalue weighted by Gasteiger charge is 2.33. The molecule has 4 amide bonds. The second-order valence-electron chi connectivity index (χ2n) is 19.0. The van der Waals surface area contributed by atoms with E-state index in [4.69, 9.17) is 54.0 Å². The van der Waals surface area contributed by atoms with Gasteiger partial charge in [0.1, 0.15) is 17.1 Å². The van der Waals surface area contributed by atoms with Gasteiger partial charge in [-0.05, 0) is 166 Å². The number of amides is 4. The first-order chi connectivity index (χ1) is 42.0. The van der Waals surface area contributed by atoms with Crippen molar-refractivity contribution in [3.63, 3.8) is 0 Å². The highest BCUT2D eigenvalue weighted by atomic mass is 16.6. The maximum atomic E-state index is 14.5. The summed E-state index contributed by atoms with van der Waals surface area (Å²) in [7, 11) is 3.49. The number of ether oxygens (including phenoxy) is 1. The Morgan fingerprint density at radius 1 is 0.697 bits per heavy atom. The first-order valence-electron chi connectivity index (χ1n) is 32.5. The van der Waals surface area contributed by atoms with Gasteiger partial charge in [-0.1, -0.05) is 66.8 Å². The van der Waals surface area contributed by atoms with Crippen LogP contribution in [0.2, 0.25) is 0 Å². The van der Waals surface area contributed by atoms with Crippen LogP contribution in [0.1, 0.15) is 140 Å². The smallest absolute Gasteiger partial charge is 0.408 e. The second-order valence-corrected chi connectivity index (χ2v) is 19.0. The van der Waals surface area contributed by atoms with Crippen LogP contribution in [0.5, 0.6) is 5.75 Å². The van der Waals surface area contributed by atoms with Crippen molar-refractivity contribution in [2.24, 2.45) is 51.4 Å². The topological polar surface area (TPSA) is 340 Å². The average Bonchev–Trinajstić information content (AvgIpc) is 0.747. The van der Waals surface area contributed by atoms with Gasteiger partial charge < -0.3 is 59.8 Å². The van der Waals surface area contributed by atoms with Crippen LogP contribution in [-0.4, -0.2) is 110 Å². The molecule has 19 nitrogen and oxygen atoms in total. The standard InChI is InChI=1S/C40H61N7O7.C17H27N3O2/c1-25-19-30(48)20-26(2)31(25)22-29(24-35(50)33(16-12-18-45-38(42)43)47-39(53)54-40(3,4)5)37(52)46-32(15-10-11-17-44-6)34(49)23-28(36(41)51)21-27-13-8-7-9-14-27;1-20-10-6-5-9-15(18)16(21)12-14(17(19)22)11-13-7-3-2-4-8-13/h7-9,13-14,19-20,28-29,32-33,44,48H,10-12,15-18,21-24H2,1-6H3,(H2,41,51)(H,46,52)(H,47,53)(H4,42,43,45);2-4,7-8,14-15,20H,5-6,9-12,18H2,1H3,(H2,19,22)/t28-,29-,32+,33-;14-,15+/m11/s1/i7D,8D,9D,13D,14D,21D,28D;2D,3D,4D,7D,8D,11D2,14D/t21?,28-,29-,32+,33-;m. The summed E-state index contributed by atoms with van der Waals surface area (Å²) in [4.78, 5) is 97.2. The molecule has 3 rings (SSSR count). The van der Waals surface area contributed by atoms with Crippen LogP contribution in [0.15, 0.2) is 77.5 Å². The van der Waals surface area contributed by atoms with E-state index in [0.717, 1.165) is 6.42 Å². The Kier molecular flexibility index (Phi) is 20.3. The molecule has 0 aliphatic carbocycles. The molecule has 7 atom stereocenters. The fourth-order valence-corrected chi connectivity index (χ4v) is 7.52. The highest BCUT2D eigenvalue weighted by Crippen LogP contribution is 2.26. The summed E-state index contributed by atoms with van der Waals surface area (Å²) in [6.07, 6.45) is -6.05. The van der Waals surface area contributed by atoms with Gasteiger partial charge in [-0.25, -0.2) is 4.79 Å².